The molecule has 0 unspecified atom stereocenters. The third kappa shape index (κ3) is 4.05. The van der Waals surface area contributed by atoms with Gasteiger partial charge in [-0.1, -0.05) is 0 Å². The van der Waals surface area contributed by atoms with Crippen LogP contribution in [0.3, 0.4) is 0 Å². The van der Waals surface area contributed by atoms with Gasteiger partial charge in [-0.05, 0) is 42.5 Å². The van der Waals surface area contributed by atoms with Crippen LogP contribution in [0.15, 0.2) is 47.4 Å². The summed E-state index contributed by atoms with van der Waals surface area (Å²) >= 11 is 0. The second-order valence-electron chi connectivity index (χ2n) is 4.61. The van der Waals surface area contributed by atoms with Crippen molar-refractivity contribution < 1.29 is 27.4 Å². The zero-order chi connectivity index (χ0) is 17.0. The van der Waals surface area contributed by atoms with E-state index in [4.69, 9.17) is 9.84 Å². The fourth-order valence-electron chi connectivity index (χ4n) is 1.85. The number of ether oxygens (including phenoxy) is 1. The van der Waals surface area contributed by atoms with Gasteiger partial charge in [0, 0.05) is 12.1 Å². The van der Waals surface area contributed by atoms with E-state index in [2.05, 4.69) is 4.72 Å². The molecule has 0 saturated heterocycles. The maximum atomic E-state index is 13.7. The molecule has 0 radical (unpaired) electrons. The molecule has 122 valence electrons. The smallest absolute Gasteiger partial charge is 0.335 e. The third-order valence-corrected chi connectivity index (χ3v) is 4.53. The molecule has 8 heteroatoms. The molecule has 2 aromatic carbocycles. The number of benzene rings is 2. The summed E-state index contributed by atoms with van der Waals surface area (Å²) in [5.74, 6) is -1.40. The summed E-state index contributed by atoms with van der Waals surface area (Å²) in [6.45, 7) is -0.360. The molecule has 0 aliphatic carbocycles. The monoisotopic (exact) mass is 339 g/mol. The van der Waals surface area contributed by atoms with Crippen molar-refractivity contribution >= 4 is 16.0 Å². The summed E-state index contributed by atoms with van der Waals surface area (Å²) in [5, 5.41) is 8.88. The summed E-state index contributed by atoms with van der Waals surface area (Å²) in [5.41, 5.74) is -0.174. The Labute approximate surface area is 132 Å². The molecule has 0 amide bonds. The number of sulfonamides is 1. The highest BCUT2D eigenvalue weighted by atomic mass is 32.2. The van der Waals surface area contributed by atoms with E-state index in [9.17, 15) is 17.6 Å². The SMILES string of the molecule is COc1ccc(S(=O)(=O)NCc2cc(C(=O)O)ccc2F)cc1. The number of hydrogen-bond donors (Lipinski definition) is 2. The zero-order valence-corrected chi connectivity index (χ0v) is 12.9. The van der Waals surface area contributed by atoms with Gasteiger partial charge in [0.15, 0.2) is 0 Å². The Bertz CT molecular complexity index is 818. The van der Waals surface area contributed by atoms with Gasteiger partial charge >= 0.3 is 5.97 Å². The van der Waals surface area contributed by atoms with Crippen molar-refractivity contribution in [2.75, 3.05) is 7.11 Å². The molecule has 0 heterocycles. The van der Waals surface area contributed by atoms with Gasteiger partial charge in [0.2, 0.25) is 10.0 Å². The normalized spacial score (nSPS) is 11.2. The second-order valence-corrected chi connectivity index (χ2v) is 6.38. The summed E-state index contributed by atoms with van der Waals surface area (Å²) in [6.07, 6.45) is 0. The van der Waals surface area contributed by atoms with Gasteiger partial charge in [-0.2, -0.15) is 0 Å². The van der Waals surface area contributed by atoms with Crippen LogP contribution in [0.5, 0.6) is 5.75 Å². The molecule has 2 aromatic rings. The highest BCUT2D eigenvalue weighted by molar-refractivity contribution is 7.89. The molecule has 23 heavy (non-hydrogen) atoms. The zero-order valence-electron chi connectivity index (χ0n) is 12.1. The molecule has 0 atom stereocenters. The molecular weight excluding hydrogens is 325 g/mol. The Morgan fingerprint density at radius 3 is 2.43 bits per heavy atom. The van der Waals surface area contributed by atoms with Gasteiger partial charge in [0.05, 0.1) is 17.6 Å². The number of carboxylic acids is 1. The summed E-state index contributed by atoms with van der Waals surface area (Å²) < 4.78 is 45.1. The van der Waals surface area contributed by atoms with Crippen LogP contribution in [0.4, 0.5) is 4.39 Å². The Hall–Kier alpha value is -2.45. The molecule has 2 N–H and O–H groups in total. The van der Waals surface area contributed by atoms with Crippen LogP contribution in [-0.2, 0) is 16.6 Å². The first-order valence-electron chi connectivity index (χ1n) is 6.49. The van der Waals surface area contributed by atoms with Gasteiger partial charge in [-0.25, -0.2) is 22.3 Å². The molecule has 0 fully saturated rings. The van der Waals surface area contributed by atoms with E-state index >= 15 is 0 Å². The minimum atomic E-state index is -3.85. The summed E-state index contributed by atoms with van der Waals surface area (Å²) in [7, 11) is -2.39. The van der Waals surface area contributed by atoms with Crippen molar-refractivity contribution in [1.82, 2.24) is 4.72 Å². The van der Waals surface area contributed by atoms with Crippen molar-refractivity contribution in [1.29, 1.82) is 0 Å². The Kier molecular flexibility index (Phi) is 4.97. The highest BCUT2D eigenvalue weighted by Gasteiger charge is 2.16. The summed E-state index contributed by atoms with van der Waals surface area (Å²) in [6, 6.07) is 8.87. The minimum absolute atomic E-state index is 0.00639. The van der Waals surface area contributed by atoms with E-state index in [1.165, 1.54) is 31.4 Å². The van der Waals surface area contributed by atoms with Gasteiger partial charge < -0.3 is 9.84 Å². The quantitative estimate of drug-likeness (QED) is 0.840. The van der Waals surface area contributed by atoms with E-state index in [0.717, 1.165) is 18.2 Å². The van der Waals surface area contributed by atoms with Gasteiger partial charge in [-0.3, -0.25) is 0 Å². The number of methoxy groups -OCH3 is 1. The lowest BCUT2D eigenvalue weighted by molar-refractivity contribution is 0.0696. The Morgan fingerprint density at radius 1 is 1.22 bits per heavy atom. The van der Waals surface area contributed by atoms with Crippen molar-refractivity contribution in [2.45, 2.75) is 11.4 Å². The standard InChI is InChI=1S/C15H14FNO5S/c1-22-12-3-5-13(6-4-12)23(20,21)17-9-11-8-10(15(18)19)2-7-14(11)16/h2-8,17H,9H2,1H3,(H,18,19). The van der Waals surface area contributed by atoms with Crippen LogP contribution in [0.1, 0.15) is 15.9 Å². The van der Waals surface area contributed by atoms with Crippen LogP contribution < -0.4 is 9.46 Å². The number of aromatic carboxylic acids is 1. The van der Waals surface area contributed by atoms with Crippen molar-refractivity contribution in [3.05, 3.63) is 59.4 Å². The first-order chi connectivity index (χ1) is 10.8. The number of nitrogens with one attached hydrogen (secondary N) is 1. The first-order valence-corrected chi connectivity index (χ1v) is 7.97. The Balaban J connectivity index is 2.18. The van der Waals surface area contributed by atoms with Crippen LogP contribution >= 0.6 is 0 Å². The predicted octanol–water partition coefficient (Wildman–Crippen LogP) is 2.01. The lowest BCUT2D eigenvalue weighted by Crippen LogP contribution is -2.24. The number of carbonyl (C=O) groups is 1. The number of rotatable bonds is 6. The fraction of sp³-hybridized carbons (Fsp3) is 0.133. The first kappa shape index (κ1) is 16.9. The summed E-state index contributed by atoms with van der Waals surface area (Å²) in [4.78, 5) is 10.9. The lowest BCUT2D eigenvalue weighted by Gasteiger charge is -2.09. The molecule has 0 spiro atoms. The van der Waals surface area contributed by atoms with E-state index in [0.29, 0.717) is 5.75 Å². The fourth-order valence-corrected chi connectivity index (χ4v) is 2.86. The van der Waals surface area contributed by atoms with Crippen LogP contribution in [0.2, 0.25) is 0 Å². The molecule has 0 bridgehead atoms. The van der Waals surface area contributed by atoms with Crippen LogP contribution in [0, 0.1) is 5.82 Å². The average molecular weight is 339 g/mol. The van der Waals surface area contributed by atoms with E-state index in [1.807, 2.05) is 0 Å². The topological polar surface area (TPSA) is 92.7 Å². The van der Waals surface area contributed by atoms with Crippen LogP contribution in [0.25, 0.3) is 0 Å². The van der Waals surface area contributed by atoms with Crippen molar-refractivity contribution in [2.24, 2.45) is 0 Å². The van der Waals surface area contributed by atoms with E-state index in [1.54, 1.807) is 0 Å². The van der Waals surface area contributed by atoms with Crippen molar-refractivity contribution in [3.8, 4) is 5.75 Å². The van der Waals surface area contributed by atoms with Gasteiger partial charge in [0.1, 0.15) is 11.6 Å². The lowest BCUT2D eigenvalue weighted by atomic mass is 10.1. The molecule has 0 aliphatic heterocycles. The van der Waals surface area contributed by atoms with Gasteiger partial charge in [0.25, 0.3) is 0 Å². The highest BCUT2D eigenvalue weighted by Crippen LogP contribution is 2.16. The van der Waals surface area contributed by atoms with E-state index in [-0.39, 0.29) is 22.6 Å². The predicted molar refractivity (Wildman–Crippen MR) is 80.4 cm³/mol. The molecule has 2 rings (SSSR count). The number of halogens is 1. The molecule has 6 nitrogen and oxygen atoms in total. The van der Waals surface area contributed by atoms with E-state index < -0.39 is 21.8 Å². The largest absolute Gasteiger partial charge is 0.497 e. The maximum absolute atomic E-state index is 13.7. The molecular formula is C15H14FNO5S. The second kappa shape index (κ2) is 6.76. The molecule has 0 aliphatic rings. The third-order valence-electron chi connectivity index (χ3n) is 3.12. The average Bonchev–Trinajstić information content (AvgIpc) is 2.54. The number of carboxylic acid groups (broad SMARTS) is 1. The Morgan fingerprint density at radius 2 is 1.87 bits per heavy atom. The van der Waals surface area contributed by atoms with Crippen molar-refractivity contribution in [3.63, 3.8) is 0 Å². The number of hydrogen-bond acceptors (Lipinski definition) is 4. The van der Waals surface area contributed by atoms with Crippen LogP contribution in [-0.4, -0.2) is 26.6 Å². The van der Waals surface area contributed by atoms with Gasteiger partial charge in [-0.15, -0.1) is 0 Å². The molecule has 0 aromatic heterocycles. The molecule has 0 saturated carbocycles. The minimum Gasteiger partial charge on any atom is -0.497 e. The maximum Gasteiger partial charge on any atom is 0.335 e.